The summed E-state index contributed by atoms with van der Waals surface area (Å²) in [7, 11) is 0. The number of benzene rings is 2. The topological polar surface area (TPSA) is 75.6 Å². The summed E-state index contributed by atoms with van der Waals surface area (Å²) in [4.78, 5) is 24.5. The monoisotopic (exact) mass is 437 g/mol. The Morgan fingerprint density at radius 3 is 2.41 bits per heavy atom. The highest BCUT2D eigenvalue weighted by atomic mass is 16.5. The van der Waals surface area contributed by atoms with Gasteiger partial charge in [0.15, 0.2) is 0 Å². The van der Waals surface area contributed by atoms with E-state index in [9.17, 15) is 14.7 Å². The first-order valence-electron chi connectivity index (χ1n) is 11.6. The molecular weight excluding hydrogens is 402 g/mol. The summed E-state index contributed by atoms with van der Waals surface area (Å²) in [5, 5.41) is 12.6. The smallest absolute Gasteiger partial charge is 0.308 e. The molecule has 0 radical (unpaired) electrons. The van der Waals surface area contributed by atoms with E-state index in [-0.39, 0.29) is 12.3 Å². The molecule has 3 rings (SSSR count). The molecule has 2 atom stereocenters. The van der Waals surface area contributed by atoms with Crippen molar-refractivity contribution in [2.45, 2.75) is 65.3 Å². The molecule has 0 unspecified atom stereocenters. The number of carboxylic acid groups (broad SMARTS) is 1. The van der Waals surface area contributed by atoms with E-state index in [1.165, 1.54) is 32.1 Å². The van der Waals surface area contributed by atoms with Gasteiger partial charge in [0, 0.05) is 0 Å². The van der Waals surface area contributed by atoms with Crippen LogP contribution < -0.4 is 10.1 Å². The number of hydrogen-bond acceptors (Lipinski definition) is 3. The van der Waals surface area contributed by atoms with Gasteiger partial charge in [-0.3, -0.25) is 9.59 Å². The largest absolute Gasteiger partial charge is 0.493 e. The van der Waals surface area contributed by atoms with Crippen LogP contribution in [0.25, 0.3) is 0 Å². The van der Waals surface area contributed by atoms with Gasteiger partial charge in [-0.25, -0.2) is 0 Å². The van der Waals surface area contributed by atoms with Crippen LogP contribution in [-0.2, 0) is 16.0 Å². The number of rotatable bonds is 9. The number of ether oxygens (including phenoxy) is 1. The quantitative estimate of drug-likeness (QED) is 0.552. The Kier molecular flexibility index (Phi) is 8.32. The Labute approximate surface area is 191 Å². The average Bonchev–Trinajstić information content (AvgIpc) is 2.79. The number of nitrogens with one attached hydrogen (secondary N) is 1. The van der Waals surface area contributed by atoms with E-state index < -0.39 is 17.9 Å². The molecule has 1 aliphatic rings. The van der Waals surface area contributed by atoms with Crippen LogP contribution in [0.3, 0.4) is 0 Å². The first-order valence-corrected chi connectivity index (χ1v) is 11.6. The number of aliphatic carboxylic acids is 1. The third-order valence-electron chi connectivity index (χ3n) is 6.46. The summed E-state index contributed by atoms with van der Waals surface area (Å²) in [6.07, 6.45) is 6.44. The van der Waals surface area contributed by atoms with Crippen molar-refractivity contribution in [2.24, 2.45) is 11.8 Å². The first kappa shape index (κ1) is 23.8. The van der Waals surface area contributed by atoms with Crippen LogP contribution in [0.2, 0.25) is 0 Å². The van der Waals surface area contributed by atoms with E-state index in [1.807, 2.05) is 56.3 Å². The summed E-state index contributed by atoms with van der Waals surface area (Å²) in [5.41, 5.74) is 3.79. The molecule has 0 saturated heterocycles. The second kappa shape index (κ2) is 11.2. The van der Waals surface area contributed by atoms with E-state index in [1.54, 1.807) is 6.92 Å². The van der Waals surface area contributed by atoms with E-state index in [4.69, 9.17) is 4.74 Å². The van der Waals surface area contributed by atoms with Crippen molar-refractivity contribution in [1.29, 1.82) is 0 Å². The molecule has 1 saturated carbocycles. The average molecular weight is 438 g/mol. The molecule has 0 aromatic heterocycles. The molecule has 0 spiro atoms. The van der Waals surface area contributed by atoms with Gasteiger partial charge in [0.25, 0.3) is 0 Å². The highest BCUT2D eigenvalue weighted by molar-refractivity contribution is 5.80. The molecule has 2 aromatic rings. The van der Waals surface area contributed by atoms with Gasteiger partial charge >= 0.3 is 5.97 Å². The molecule has 0 aliphatic heterocycles. The lowest BCUT2D eigenvalue weighted by atomic mass is 9.90. The molecule has 1 aliphatic carbocycles. The Hall–Kier alpha value is -2.82. The molecule has 5 heteroatoms. The van der Waals surface area contributed by atoms with Crippen molar-refractivity contribution in [3.63, 3.8) is 0 Å². The van der Waals surface area contributed by atoms with Gasteiger partial charge in [0.1, 0.15) is 5.75 Å². The van der Waals surface area contributed by atoms with Crippen molar-refractivity contribution >= 4 is 11.9 Å². The summed E-state index contributed by atoms with van der Waals surface area (Å²) in [6.45, 7) is 6.30. The van der Waals surface area contributed by atoms with Gasteiger partial charge in [-0.2, -0.15) is 0 Å². The SMILES string of the molecule is Cc1ccc(CC(=O)N[C@H](c2ccc(C)c(OCC3CCCCC3)c2)[C@@H](C)C(=O)O)cc1. The van der Waals surface area contributed by atoms with Crippen LogP contribution in [0, 0.1) is 25.7 Å². The number of amides is 1. The lowest BCUT2D eigenvalue weighted by molar-refractivity contribution is -0.142. The predicted molar refractivity (Wildman–Crippen MR) is 126 cm³/mol. The second-order valence-corrected chi connectivity index (χ2v) is 9.17. The third kappa shape index (κ3) is 6.59. The molecule has 1 fully saturated rings. The van der Waals surface area contributed by atoms with Crippen LogP contribution in [0.4, 0.5) is 0 Å². The zero-order valence-electron chi connectivity index (χ0n) is 19.4. The maximum Gasteiger partial charge on any atom is 0.308 e. The molecular formula is C27H35NO4. The number of carboxylic acids is 1. The van der Waals surface area contributed by atoms with Crippen LogP contribution in [0.5, 0.6) is 5.75 Å². The Morgan fingerprint density at radius 1 is 1.06 bits per heavy atom. The summed E-state index contributed by atoms with van der Waals surface area (Å²) >= 11 is 0. The molecule has 2 N–H and O–H groups in total. The summed E-state index contributed by atoms with van der Waals surface area (Å²) < 4.78 is 6.16. The zero-order valence-corrected chi connectivity index (χ0v) is 19.4. The molecule has 32 heavy (non-hydrogen) atoms. The van der Waals surface area contributed by atoms with Gasteiger partial charge in [-0.15, -0.1) is 0 Å². The molecule has 2 aromatic carbocycles. The van der Waals surface area contributed by atoms with Crippen LogP contribution >= 0.6 is 0 Å². The number of carbonyl (C=O) groups excluding carboxylic acids is 1. The van der Waals surface area contributed by atoms with Gasteiger partial charge < -0.3 is 15.2 Å². The van der Waals surface area contributed by atoms with Crippen LogP contribution in [0.15, 0.2) is 42.5 Å². The van der Waals surface area contributed by atoms with Crippen molar-refractivity contribution in [3.05, 3.63) is 64.7 Å². The normalized spacial score (nSPS) is 16.2. The third-order valence-corrected chi connectivity index (χ3v) is 6.46. The zero-order chi connectivity index (χ0) is 23.1. The van der Waals surface area contributed by atoms with Gasteiger partial charge in [0.05, 0.1) is 25.0 Å². The minimum Gasteiger partial charge on any atom is -0.493 e. The van der Waals surface area contributed by atoms with Gasteiger partial charge in [-0.05, 0) is 62.3 Å². The van der Waals surface area contributed by atoms with E-state index in [2.05, 4.69) is 5.32 Å². The van der Waals surface area contributed by atoms with E-state index in [0.717, 1.165) is 28.0 Å². The Balaban J connectivity index is 1.74. The van der Waals surface area contributed by atoms with Gasteiger partial charge in [0.2, 0.25) is 5.91 Å². The van der Waals surface area contributed by atoms with Crippen LogP contribution in [-0.4, -0.2) is 23.6 Å². The number of aryl methyl sites for hydroxylation is 2. The fraction of sp³-hybridized carbons (Fsp3) is 0.481. The number of hydrogen-bond donors (Lipinski definition) is 2. The fourth-order valence-electron chi connectivity index (χ4n) is 4.28. The maximum atomic E-state index is 12.8. The Morgan fingerprint density at radius 2 is 1.75 bits per heavy atom. The molecule has 0 bridgehead atoms. The highest BCUT2D eigenvalue weighted by Crippen LogP contribution is 2.30. The van der Waals surface area contributed by atoms with Crippen molar-refractivity contribution < 1.29 is 19.4 Å². The lowest BCUT2D eigenvalue weighted by Gasteiger charge is -2.25. The fourth-order valence-corrected chi connectivity index (χ4v) is 4.28. The first-order chi connectivity index (χ1) is 15.3. The predicted octanol–water partition coefficient (Wildman–Crippen LogP) is 5.38. The molecule has 1 amide bonds. The minimum atomic E-state index is -0.948. The summed E-state index contributed by atoms with van der Waals surface area (Å²) in [6, 6.07) is 12.9. The maximum absolute atomic E-state index is 12.8. The minimum absolute atomic E-state index is 0.197. The van der Waals surface area contributed by atoms with Gasteiger partial charge in [-0.1, -0.05) is 61.2 Å². The Bertz CT molecular complexity index is 916. The summed E-state index contributed by atoms with van der Waals surface area (Å²) in [5.74, 6) is -0.572. The van der Waals surface area contributed by atoms with Crippen molar-refractivity contribution in [1.82, 2.24) is 5.32 Å². The highest BCUT2D eigenvalue weighted by Gasteiger charge is 2.27. The second-order valence-electron chi connectivity index (χ2n) is 9.17. The van der Waals surface area contributed by atoms with E-state index in [0.29, 0.717) is 12.5 Å². The van der Waals surface area contributed by atoms with E-state index >= 15 is 0 Å². The lowest BCUT2D eigenvalue weighted by Crippen LogP contribution is -2.36. The molecule has 5 nitrogen and oxygen atoms in total. The standard InChI is InChI=1S/C27H35NO4/c1-18-9-12-21(13-10-18)15-25(29)28-26(20(3)27(30)31)23-14-11-19(2)24(16-23)32-17-22-7-5-4-6-8-22/h9-14,16,20,22,26H,4-8,15,17H2,1-3H3,(H,28,29)(H,30,31)/t20-,26+/m1/s1. The van der Waals surface area contributed by atoms with Crippen molar-refractivity contribution in [2.75, 3.05) is 6.61 Å². The van der Waals surface area contributed by atoms with Crippen LogP contribution in [0.1, 0.15) is 67.3 Å². The number of carbonyl (C=O) groups is 2. The molecule has 0 heterocycles. The molecule has 172 valence electrons. The van der Waals surface area contributed by atoms with Crippen molar-refractivity contribution in [3.8, 4) is 5.75 Å².